The van der Waals surface area contributed by atoms with Crippen molar-refractivity contribution in [2.24, 2.45) is 0 Å². The van der Waals surface area contributed by atoms with E-state index in [2.05, 4.69) is 15.4 Å². The van der Waals surface area contributed by atoms with Crippen LogP contribution in [-0.4, -0.2) is 20.7 Å². The van der Waals surface area contributed by atoms with Crippen molar-refractivity contribution in [1.29, 1.82) is 0 Å². The van der Waals surface area contributed by atoms with Crippen LogP contribution in [0.4, 0.5) is 5.69 Å². The molecule has 0 aliphatic rings. The normalized spacial score (nSPS) is 10.8. The fourth-order valence-electron chi connectivity index (χ4n) is 3.02. The molecule has 0 bridgehead atoms. The molecule has 0 fully saturated rings. The number of aromatic nitrogens is 3. The highest BCUT2D eigenvalue weighted by Crippen LogP contribution is 2.25. The summed E-state index contributed by atoms with van der Waals surface area (Å²) in [5, 5.41) is 8.44. The predicted octanol–water partition coefficient (Wildman–Crippen LogP) is 6.11. The van der Waals surface area contributed by atoms with Gasteiger partial charge in [-0.25, -0.2) is 9.67 Å². The van der Waals surface area contributed by atoms with Crippen LogP contribution in [0.3, 0.4) is 0 Å². The van der Waals surface area contributed by atoms with Gasteiger partial charge < -0.3 is 5.32 Å². The fraction of sp³-hybridized carbons (Fsp3) is 0.0870. The van der Waals surface area contributed by atoms with E-state index in [1.54, 1.807) is 28.9 Å². The number of amides is 1. The van der Waals surface area contributed by atoms with Gasteiger partial charge in [0.1, 0.15) is 0 Å². The van der Waals surface area contributed by atoms with Gasteiger partial charge >= 0.3 is 0 Å². The summed E-state index contributed by atoms with van der Waals surface area (Å²) in [4.78, 5) is 17.4. The third-order valence-electron chi connectivity index (χ3n) is 4.57. The maximum absolute atomic E-state index is 12.9. The number of halogens is 2. The lowest BCUT2D eigenvalue weighted by Gasteiger charge is -2.07. The highest BCUT2D eigenvalue weighted by Gasteiger charge is 2.19. The monoisotopic (exact) mass is 436 g/mol. The maximum Gasteiger partial charge on any atom is 0.295 e. The lowest BCUT2D eigenvalue weighted by atomic mass is 10.2. The molecule has 30 heavy (non-hydrogen) atoms. The molecular weight excluding hydrogens is 419 g/mol. The average molecular weight is 437 g/mol. The number of nitrogens with one attached hydrogen (secondary N) is 1. The number of aryl methyl sites for hydroxylation is 2. The summed E-state index contributed by atoms with van der Waals surface area (Å²) < 4.78 is 1.65. The van der Waals surface area contributed by atoms with Crippen LogP contribution in [0.25, 0.3) is 17.1 Å². The van der Waals surface area contributed by atoms with Gasteiger partial charge in [-0.1, -0.05) is 53.5 Å². The molecule has 0 aliphatic carbocycles. The molecule has 0 atom stereocenters. The second kappa shape index (κ2) is 8.30. The molecule has 0 unspecified atom stereocenters. The van der Waals surface area contributed by atoms with Crippen molar-refractivity contribution in [2.45, 2.75) is 13.8 Å². The molecule has 0 spiro atoms. The van der Waals surface area contributed by atoms with Crippen molar-refractivity contribution in [3.05, 3.63) is 93.7 Å². The number of carbonyl (C=O) groups is 1. The van der Waals surface area contributed by atoms with E-state index < -0.39 is 5.91 Å². The van der Waals surface area contributed by atoms with E-state index in [9.17, 15) is 4.79 Å². The van der Waals surface area contributed by atoms with Crippen LogP contribution in [0, 0.1) is 13.8 Å². The molecule has 5 nitrogen and oxygen atoms in total. The summed E-state index contributed by atoms with van der Waals surface area (Å²) in [6, 6.07) is 20.4. The Labute approximate surface area is 184 Å². The summed E-state index contributed by atoms with van der Waals surface area (Å²) in [7, 11) is 0. The van der Waals surface area contributed by atoms with E-state index in [1.807, 2.05) is 56.3 Å². The van der Waals surface area contributed by atoms with Crippen molar-refractivity contribution in [2.75, 3.05) is 5.32 Å². The van der Waals surface area contributed by atoms with E-state index in [1.165, 1.54) is 0 Å². The van der Waals surface area contributed by atoms with Crippen LogP contribution in [0.15, 0.2) is 66.7 Å². The first-order chi connectivity index (χ1) is 14.4. The van der Waals surface area contributed by atoms with Gasteiger partial charge in [0.2, 0.25) is 5.82 Å². The molecule has 1 aromatic heterocycles. The van der Waals surface area contributed by atoms with E-state index >= 15 is 0 Å². The van der Waals surface area contributed by atoms with Crippen LogP contribution in [0.5, 0.6) is 0 Å². The number of hydrogen-bond acceptors (Lipinski definition) is 3. The maximum atomic E-state index is 12.9. The molecule has 1 heterocycles. The van der Waals surface area contributed by atoms with Crippen LogP contribution < -0.4 is 5.32 Å². The zero-order valence-corrected chi connectivity index (χ0v) is 17.9. The standard InChI is InChI=1S/C23H18Cl2N4O/c1-14-5-3-8-19(11-14)29-22(16-6-4-7-17(24)12-16)27-21(28-29)23(30)26-18-10-9-15(2)20(25)13-18/h3-13H,1-2H3,(H,26,30). The minimum atomic E-state index is -0.426. The molecule has 150 valence electrons. The molecule has 0 radical (unpaired) electrons. The summed E-state index contributed by atoms with van der Waals surface area (Å²) >= 11 is 12.3. The molecule has 7 heteroatoms. The van der Waals surface area contributed by atoms with Gasteiger partial charge in [0.05, 0.1) is 5.69 Å². The van der Waals surface area contributed by atoms with E-state index in [4.69, 9.17) is 23.2 Å². The quantitative estimate of drug-likeness (QED) is 0.419. The summed E-state index contributed by atoms with van der Waals surface area (Å²) in [5.41, 5.74) is 4.13. The topological polar surface area (TPSA) is 59.8 Å². The first-order valence-corrected chi connectivity index (χ1v) is 10.0. The van der Waals surface area contributed by atoms with Crippen LogP contribution >= 0.6 is 23.2 Å². The summed E-state index contributed by atoms with van der Waals surface area (Å²) in [5.74, 6) is 0.142. The van der Waals surface area contributed by atoms with Gasteiger partial charge in [-0.05, 0) is 61.4 Å². The van der Waals surface area contributed by atoms with E-state index in [0.717, 1.165) is 22.4 Å². The van der Waals surface area contributed by atoms with Gasteiger partial charge in [-0.2, -0.15) is 0 Å². The van der Waals surface area contributed by atoms with Crippen molar-refractivity contribution in [3.63, 3.8) is 0 Å². The molecular formula is C23H18Cl2N4O. The van der Waals surface area contributed by atoms with Crippen molar-refractivity contribution in [1.82, 2.24) is 14.8 Å². The molecule has 1 N–H and O–H groups in total. The van der Waals surface area contributed by atoms with Gasteiger partial charge in [-0.3, -0.25) is 4.79 Å². The van der Waals surface area contributed by atoms with Gasteiger partial charge in [0.15, 0.2) is 5.82 Å². The number of anilines is 1. The molecule has 0 aliphatic heterocycles. The first-order valence-electron chi connectivity index (χ1n) is 9.28. The molecule has 0 saturated heterocycles. The Kier molecular flexibility index (Phi) is 5.57. The minimum absolute atomic E-state index is 0.0446. The number of carbonyl (C=O) groups excluding carboxylic acids is 1. The fourth-order valence-corrected chi connectivity index (χ4v) is 3.39. The van der Waals surface area contributed by atoms with Crippen LogP contribution in [0.2, 0.25) is 10.0 Å². The first kappa shape index (κ1) is 20.1. The second-order valence-electron chi connectivity index (χ2n) is 6.94. The third kappa shape index (κ3) is 4.22. The number of benzene rings is 3. The largest absolute Gasteiger partial charge is 0.319 e. The Morgan fingerprint density at radius 1 is 0.967 bits per heavy atom. The second-order valence-corrected chi connectivity index (χ2v) is 7.78. The number of hydrogen-bond donors (Lipinski definition) is 1. The summed E-state index contributed by atoms with van der Waals surface area (Å²) in [6.45, 7) is 3.89. The third-order valence-corrected chi connectivity index (χ3v) is 5.21. The van der Waals surface area contributed by atoms with Gasteiger partial charge in [0, 0.05) is 21.3 Å². The zero-order valence-electron chi connectivity index (χ0n) is 16.4. The number of nitrogens with zero attached hydrogens (tertiary/aromatic N) is 3. The highest BCUT2D eigenvalue weighted by atomic mass is 35.5. The molecule has 0 saturated carbocycles. The predicted molar refractivity (Wildman–Crippen MR) is 121 cm³/mol. The zero-order chi connectivity index (χ0) is 21.3. The summed E-state index contributed by atoms with van der Waals surface area (Å²) in [6.07, 6.45) is 0. The minimum Gasteiger partial charge on any atom is -0.319 e. The van der Waals surface area contributed by atoms with Gasteiger partial charge in [0.25, 0.3) is 5.91 Å². The van der Waals surface area contributed by atoms with Crippen LogP contribution in [-0.2, 0) is 0 Å². The smallest absolute Gasteiger partial charge is 0.295 e. The lowest BCUT2D eigenvalue weighted by molar-refractivity contribution is 0.101. The Hall–Kier alpha value is -3.15. The molecule has 4 aromatic rings. The molecule has 1 amide bonds. The van der Waals surface area contributed by atoms with Crippen molar-refractivity contribution >= 4 is 34.8 Å². The molecule has 3 aromatic carbocycles. The SMILES string of the molecule is Cc1cccc(-n2nc(C(=O)Nc3ccc(C)c(Cl)c3)nc2-c2cccc(Cl)c2)c1. The Balaban J connectivity index is 1.76. The van der Waals surface area contributed by atoms with Gasteiger partial charge in [-0.15, -0.1) is 5.10 Å². The average Bonchev–Trinajstić information content (AvgIpc) is 3.16. The van der Waals surface area contributed by atoms with Crippen molar-refractivity contribution < 1.29 is 4.79 Å². The van der Waals surface area contributed by atoms with Crippen molar-refractivity contribution in [3.8, 4) is 17.1 Å². The highest BCUT2D eigenvalue weighted by molar-refractivity contribution is 6.31. The number of rotatable bonds is 4. The van der Waals surface area contributed by atoms with Crippen LogP contribution in [0.1, 0.15) is 21.7 Å². The Bertz CT molecular complexity index is 1190. The van der Waals surface area contributed by atoms with E-state index in [0.29, 0.717) is 21.6 Å². The Morgan fingerprint density at radius 2 is 1.77 bits per heavy atom. The Morgan fingerprint density at radius 3 is 2.50 bits per heavy atom. The van der Waals surface area contributed by atoms with E-state index in [-0.39, 0.29) is 5.82 Å². The lowest BCUT2D eigenvalue weighted by Crippen LogP contribution is -2.14. The molecule has 4 rings (SSSR count).